The molecule has 0 saturated heterocycles. The fraction of sp³-hybridized carbons (Fsp3) is 0.250. The molecule has 18 heavy (non-hydrogen) atoms. The first-order chi connectivity index (χ1) is 8.46. The number of halogens is 3. The third-order valence-electron chi connectivity index (χ3n) is 2.55. The summed E-state index contributed by atoms with van der Waals surface area (Å²) in [4.78, 5) is 11.5. The second-order valence-corrected chi connectivity index (χ2v) is 3.82. The first-order valence-electron chi connectivity index (χ1n) is 5.27. The van der Waals surface area contributed by atoms with Gasteiger partial charge in [0.05, 0.1) is 5.92 Å². The molecule has 6 heteroatoms. The van der Waals surface area contributed by atoms with Crippen LogP contribution in [0.5, 0.6) is 5.75 Å². The fourth-order valence-electron chi connectivity index (χ4n) is 1.74. The van der Waals surface area contributed by atoms with Crippen LogP contribution < -0.4 is 10.1 Å². The molecule has 1 aliphatic heterocycles. The van der Waals surface area contributed by atoms with Crippen LogP contribution in [0.2, 0.25) is 0 Å². The zero-order valence-corrected chi connectivity index (χ0v) is 9.20. The van der Waals surface area contributed by atoms with Crippen molar-refractivity contribution in [2.24, 2.45) is 0 Å². The van der Waals surface area contributed by atoms with E-state index in [9.17, 15) is 18.0 Å². The zero-order chi connectivity index (χ0) is 13.2. The maximum atomic E-state index is 12.0. The van der Waals surface area contributed by atoms with E-state index in [-0.39, 0.29) is 17.6 Å². The van der Waals surface area contributed by atoms with Crippen molar-refractivity contribution in [3.63, 3.8) is 0 Å². The monoisotopic (exact) mass is 257 g/mol. The molecule has 1 aromatic carbocycles. The Morgan fingerprint density at radius 1 is 1.22 bits per heavy atom. The van der Waals surface area contributed by atoms with Crippen molar-refractivity contribution < 1.29 is 22.7 Å². The van der Waals surface area contributed by atoms with Gasteiger partial charge in [0.2, 0.25) is 5.91 Å². The summed E-state index contributed by atoms with van der Waals surface area (Å²) < 4.78 is 39.6. The Balaban J connectivity index is 2.12. The van der Waals surface area contributed by atoms with Gasteiger partial charge in [-0.15, -0.1) is 13.2 Å². The van der Waals surface area contributed by atoms with Crippen molar-refractivity contribution in [1.82, 2.24) is 5.32 Å². The fourth-order valence-corrected chi connectivity index (χ4v) is 1.74. The Morgan fingerprint density at radius 3 is 2.44 bits per heavy atom. The molecule has 0 fully saturated rings. The summed E-state index contributed by atoms with van der Waals surface area (Å²) in [5.41, 5.74) is 0.659. The zero-order valence-electron chi connectivity index (χ0n) is 9.20. The molecule has 3 nitrogen and oxygen atoms in total. The van der Waals surface area contributed by atoms with Gasteiger partial charge in [-0.1, -0.05) is 18.2 Å². The van der Waals surface area contributed by atoms with Gasteiger partial charge >= 0.3 is 6.36 Å². The first kappa shape index (κ1) is 12.5. The summed E-state index contributed by atoms with van der Waals surface area (Å²) in [5, 5.41) is 2.55. The normalized spacial score (nSPS) is 19.5. The van der Waals surface area contributed by atoms with Crippen molar-refractivity contribution in [3.8, 4) is 5.75 Å². The number of nitrogens with one attached hydrogen (secondary N) is 1. The number of benzene rings is 1. The largest absolute Gasteiger partial charge is 0.573 e. The lowest BCUT2D eigenvalue weighted by Crippen LogP contribution is -2.27. The summed E-state index contributed by atoms with van der Waals surface area (Å²) in [6.45, 7) is 0. The van der Waals surface area contributed by atoms with Crippen molar-refractivity contribution in [1.29, 1.82) is 0 Å². The van der Waals surface area contributed by atoms with Gasteiger partial charge in [-0.25, -0.2) is 0 Å². The number of amides is 1. The molecule has 1 amide bonds. The van der Waals surface area contributed by atoms with Crippen LogP contribution in [0.4, 0.5) is 13.2 Å². The van der Waals surface area contributed by atoms with Gasteiger partial charge in [0.25, 0.3) is 0 Å². The quantitative estimate of drug-likeness (QED) is 0.884. The number of allylic oxidation sites excluding steroid dienone is 1. The van der Waals surface area contributed by atoms with E-state index < -0.39 is 6.36 Å². The van der Waals surface area contributed by atoms with E-state index in [2.05, 4.69) is 10.1 Å². The first-order valence-corrected chi connectivity index (χ1v) is 5.27. The number of carbonyl (C=O) groups is 1. The molecule has 1 N–H and O–H groups in total. The molecule has 96 valence electrons. The second-order valence-electron chi connectivity index (χ2n) is 3.82. The topological polar surface area (TPSA) is 38.3 Å². The van der Waals surface area contributed by atoms with E-state index in [1.807, 2.05) is 0 Å². The molecular formula is C12H10F3NO2. The van der Waals surface area contributed by atoms with Crippen LogP contribution in [0.25, 0.3) is 0 Å². The van der Waals surface area contributed by atoms with Gasteiger partial charge in [-0.05, 0) is 30.3 Å². The van der Waals surface area contributed by atoms with Crippen molar-refractivity contribution in [3.05, 3.63) is 42.1 Å². The Kier molecular flexibility index (Phi) is 3.27. The Morgan fingerprint density at radius 2 is 1.89 bits per heavy atom. The summed E-state index contributed by atoms with van der Waals surface area (Å²) >= 11 is 0. The lowest BCUT2D eigenvalue weighted by Gasteiger charge is -2.18. The van der Waals surface area contributed by atoms with Crippen LogP contribution >= 0.6 is 0 Å². The van der Waals surface area contributed by atoms with Crippen molar-refractivity contribution >= 4 is 5.91 Å². The number of rotatable bonds is 2. The maximum absolute atomic E-state index is 12.0. The minimum Gasteiger partial charge on any atom is -0.406 e. The van der Waals surface area contributed by atoms with Gasteiger partial charge in [-0.2, -0.15) is 0 Å². The minimum absolute atomic E-state index is 0.165. The van der Waals surface area contributed by atoms with Crippen LogP contribution in [0.15, 0.2) is 36.5 Å². The second kappa shape index (κ2) is 4.72. The summed E-state index contributed by atoms with van der Waals surface area (Å²) in [6.07, 6.45) is -0.816. The lowest BCUT2D eigenvalue weighted by molar-refractivity contribution is -0.274. The van der Waals surface area contributed by atoms with E-state index in [0.29, 0.717) is 12.0 Å². The van der Waals surface area contributed by atoms with Crippen LogP contribution in [0.1, 0.15) is 17.9 Å². The molecule has 0 spiro atoms. The highest BCUT2D eigenvalue weighted by Gasteiger charge is 2.31. The predicted molar refractivity (Wildman–Crippen MR) is 57.8 cm³/mol. The molecule has 1 unspecified atom stereocenters. The van der Waals surface area contributed by atoms with Crippen LogP contribution in [0.3, 0.4) is 0 Å². The molecule has 1 aromatic rings. The average molecular weight is 257 g/mol. The molecule has 1 atom stereocenters. The molecule has 0 bridgehead atoms. The number of hydrogen-bond donors (Lipinski definition) is 1. The third kappa shape index (κ3) is 3.03. The van der Waals surface area contributed by atoms with Gasteiger partial charge < -0.3 is 10.1 Å². The predicted octanol–water partition coefficient (Wildman–Crippen LogP) is 2.70. The highest BCUT2D eigenvalue weighted by molar-refractivity contribution is 5.85. The van der Waals surface area contributed by atoms with Gasteiger partial charge in [0.1, 0.15) is 5.75 Å². The highest BCUT2D eigenvalue weighted by atomic mass is 19.4. The highest BCUT2D eigenvalue weighted by Crippen LogP contribution is 2.27. The van der Waals surface area contributed by atoms with E-state index in [0.717, 1.165) is 0 Å². The smallest absolute Gasteiger partial charge is 0.406 e. The summed E-state index contributed by atoms with van der Waals surface area (Å²) in [7, 11) is 0. The van der Waals surface area contributed by atoms with Crippen LogP contribution in [-0.4, -0.2) is 12.3 Å². The van der Waals surface area contributed by atoms with Crippen molar-refractivity contribution in [2.75, 3.05) is 0 Å². The molecule has 0 aromatic heterocycles. The SMILES string of the molecule is O=C1NC=CCC1c1ccc(OC(F)(F)F)cc1. The maximum Gasteiger partial charge on any atom is 0.573 e. The standard InChI is InChI=1S/C12H10F3NO2/c13-12(14,15)18-9-5-3-8(4-6-9)10-2-1-7-16-11(10)17/h1,3-7,10H,2H2,(H,16,17). The molecule has 0 saturated carbocycles. The average Bonchev–Trinajstić information content (AvgIpc) is 2.29. The molecule has 0 aliphatic carbocycles. The summed E-state index contributed by atoms with van der Waals surface area (Å²) in [5.74, 6) is -0.824. The minimum atomic E-state index is -4.70. The van der Waals surface area contributed by atoms with Gasteiger partial charge in [0.15, 0.2) is 0 Å². The third-order valence-corrected chi connectivity index (χ3v) is 2.55. The van der Waals surface area contributed by atoms with Crippen LogP contribution in [0, 0.1) is 0 Å². The van der Waals surface area contributed by atoms with Gasteiger partial charge in [-0.3, -0.25) is 4.79 Å². The molecule has 0 radical (unpaired) electrons. The van der Waals surface area contributed by atoms with E-state index in [1.54, 1.807) is 12.3 Å². The molecule has 2 rings (SSSR count). The Bertz CT molecular complexity index is 465. The van der Waals surface area contributed by atoms with Crippen LogP contribution in [-0.2, 0) is 4.79 Å². The Hall–Kier alpha value is -1.98. The number of carbonyl (C=O) groups excluding carboxylic acids is 1. The van der Waals surface area contributed by atoms with Gasteiger partial charge in [0, 0.05) is 0 Å². The number of ether oxygens (including phenoxy) is 1. The van der Waals surface area contributed by atoms with E-state index in [1.165, 1.54) is 24.3 Å². The van der Waals surface area contributed by atoms with E-state index >= 15 is 0 Å². The lowest BCUT2D eigenvalue weighted by atomic mass is 9.93. The summed E-state index contributed by atoms with van der Waals surface area (Å²) in [6, 6.07) is 5.33. The van der Waals surface area contributed by atoms with Crippen molar-refractivity contribution in [2.45, 2.75) is 18.7 Å². The van der Waals surface area contributed by atoms with E-state index in [4.69, 9.17) is 0 Å². The number of alkyl halides is 3. The molecule has 1 heterocycles. The molecular weight excluding hydrogens is 247 g/mol. The molecule has 1 aliphatic rings. The Labute approximate surface area is 101 Å². The number of hydrogen-bond acceptors (Lipinski definition) is 2.